The molecule has 0 unspecified atom stereocenters. The highest BCUT2D eigenvalue weighted by Crippen LogP contribution is 2.22. The average Bonchev–Trinajstić information content (AvgIpc) is 2.93. The van der Waals surface area contributed by atoms with E-state index in [0.29, 0.717) is 6.61 Å². The minimum absolute atomic E-state index is 0.687. The lowest BCUT2D eigenvalue weighted by molar-refractivity contribution is 0.340. The van der Waals surface area contributed by atoms with E-state index in [2.05, 4.69) is 34.8 Å². The first kappa shape index (κ1) is 15.1. The lowest BCUT2D eigenvalue weighted by Crippen LogP contribution is -1.90. The van der Waals surface area contributed by atoms with Gasteiger partial charge in [0, 0.05) is 18.0 Å². The summed E-state index contributed by atoms with van der Waals surface area (Å²) in [4.78, 5) is 4.62. The molecule has 110 valence electrons. The van der Waals surface area contributed by atoms with E-state index in [0.717, 1.165) is 22.7 Å². The minimum atomic E-state index is 0.687. The van der Waals surface area contributed by atoms with Crippen LogP contribution in [0.5, 0.6) is 5.75 Å². The van der Waals surface area contributed by atoms with Crippen molar-refractivity contribution in [1.29, 1.82) is 0 Å². The summed E-state index contributed by atoms with van der Waals surface area (Å²) in [5.74, 6) is 0.894. The number of rotatable bonds is 3. The molecule has 0 spiro atoms. The second-order valence-electron chi connectivity index (χ2n) is 4.56. The number of pyridine rings is 1. The van der Waals surface area contributed by atoms with E-state index in [1.807, 2.05) is 51.1 Å². The third-order valence-electron chi connectivity index (χ3n) is 3.06. The van der Waals surface area contributed by atoms with Crippen LogP contribution in [0.15, 0.2) is 48.8 Å². The van der Waals surface area contributed by atoms with Crippen molar-refractivity contribution in [3.63, 3.8) is 0 Å². The molecule has 21 heavy (non-hydrogen) atoms. The van der Waals surface area contributed by atoms with Crippen LogP contribution < -0.4 is 4.74 Å². The van der Waals surface area contributed by atoms with E-state index in [1.54, 1.807) is 0 Å². The van der Waals surface area contributed by atoms with Gasteiger partial charge in [0.25, 0.3) is 0 Å². The van der Waals surface area contributed by atoms with Crippen molar-refractivity contribution in [1.82, 2.24) is 9.38 Å². The van der Waals surface area contributed by atoms with Gasteiger partial charge in [-0.15, -0.1) is 0 Å². The molecule has 3 aromatic rings. The van der Waals surface area contributed by atoms with Crippen molar-refractivity contribution >= 4 is 5.65 Å². The number of aromatic nitrogens is 2. The number of hydrogen-bond acceptors (Lipinski definition) is 2. The predicted molar refractivity (Wildman–Crippen MR) is 87.9 cm³/mol. The van der Waals surface area contributed by atoms with Crippen LogP contribution in [0, 0.1) is 6.92 Å². The van der Waals surface area contributed by atoms with Crippen molar-refractivity contribution in [3.05, 3.63) is 54.4 Å². The molecule has 0 aliphatic carbocycles. The van der Waals surface area contributed by atoms with Crippen molar-refractivity contribution in [2.45, 2.75) is 27.7 Å². The predicted octanol–water partition coefficient (Wildman–Crippen LogP) is 4.73. The van der Waals surface area contributed by atoms with Crippen LogP contribution in [0.1, 0.15) is 26.3 Å². The number of aryl methyl sites for hydroxylation is 1. The monoisotopic (exact) mass is 282 g/mol. The Bertz CT molecular complexity index is 699. The molecule has 0 aliphatic rings. The zero-order valence-electron chi connectivity index (χ0n) is 13.1. The first-order valence-electron chi connectivity index (χ1n) is 7.45. The van der Waals surface area contributed by atoms with Gasteiger partial charge >= 0.3 is 0 Å². The van der Waals surface area contributed by atoms with E-state index in [4.69, 9.17) is 4.74 Å². The zero-order valence-corrected chi connectivity index (χ0v) is 13.1. The summed E-state index contributed by atoms with van der Waals surface area (Å²) in [5.41, 5.74) is 4.27. The Morgan fingerprint density at radius 2 is 1.71 bits per heavy atom. The Morgan fingerprint density at radius 1 is 1.00 bits per heavy atom. The molecule has 2 heterocycles. The first-order chi connectivity index (χ1) is 10.3. The summed E-state index contributed by atoms with van der Waals surface area (Å²) in [6.07, 6.45) is 4.14. The van der Waals surface area contributed by atoms with Crippen LogP contribution in [-0.2, 0) is 0 Å². The SMILES string of the molecule is CC.CCOc1ccc(-c2cn3cc(C)ccc3n2)cc1. The van der Waals surface area contributed by atoms with Gasteiger partial charge in [-0.05, 0) is 49.7 Å². The number of benzene rings is 1. The third kappa shape index (κ3) is 3.43. The fraction of sp³-hybridized carbons (Fsp3) is 0.278. The molecular formula is C18H22N2O. The highest BCUT2D eigenvalue weighted by molar-refractivity contribution is 5.63. The molecule has 3 rings (SSSR count). The highest BCUT2D eigenvalue weighted by atomic mass is 16.5. The number of nitrogens with zero attached hydrogens (tertiary/aromatic N) is 2. The maximum Gasteiger partial charge on any atom is 0.137 e. The molecule has 0 aliphatic heterocycles. The second kappa shape index (κ2) is 6.93. The third-order valence-corrected chi connectivity index (χ3v) is 3.06. The van der Waals surface area contributed by atoms with Crippen molar-refractivity contribution in [2.75, 3.05) is 6.61 Å². The molecule has 0 amide bonds. The fourth-order valence-corrected chi connectivity index (χ4v) is 2.13. The van der Waals surface area contributed by atoms with Crippen LogP contribution in [0.25, 0.3) is 16.9 Å². The van der Waals surface area contributed by atoms with Gasteiger partial charge < -0.3 is 9.14 Å². The Balaban J connectivity index is 0.000000774. The van der Waals surface area contributed by atoms with E-state index < -0.39 is 0 Å². The van der Waals surface area contributed by atoms with Crippen molar-refractivity contribution in [3.8, 4) is 17.0 Å². The molecule has 0 atom stereocenters. The Hall–Kier alpha value is -2.29. The summed E-state index contributed by atoms with van der Waals surface area (Å²) in [6, 6.07) is 12.2. The molecule has 0 N–H and O–H groups in total. The van der Waals surface area contributed by atoms with Gasteiger partial charge in [-0.3, -0.25) is 0 Å². The van der Waals surface area contributed by atoms with Gasteiger partial charge in [-0.25, -0.2) is 4.98 Å². The molecule has 0 bridgehead atoms. The number of hydrogen-bond donors (Lipinski definition) is 0. The largest absolute Gasteiger partial charge is 0.494 e. The van der Waals surface area contributed by atoms with Crippen LogP contribution in [0.3, 0.4) is 0 Å². The lowest BCUT2D eigenvalue weighted by Gasteiger charge is -2.02. The minimum Gasteiger partial charge on any atom is -0.494 e. The number of imidazole rings is 1. The molecule has 0 saturated carbocycles. The zero-order chi connectivity index (χ0) is 15.2. The van der Waals surface area contributed by atoms with Crippen LogP contribution >= 0.6 is 0 Å². The first-order valence-corrected chi connectivity index (χ1v) is 7.45. The Labute approximate surface area is 126 Å². The van der Waals surface area contributed by atoms with Gasteiger partial charge in [-0.2, -0.15) is 0 Å². The molecule has 2 aromatic heterocycles. The van der Waals surface area contributed by atoms with Crippen LogP contribution in [0.4, 0.5) is 0 Å². The summed E-state index contributed by atoms with van der Waals surface area (Å²) >= 11 is 0. The molecular weight excluding hydrogens is 260 g/mol. The van der Waals surface area contributed by atoms with E-state index in [9.17, 15) is 0 Å². The maximum atomic E-state index is 5.45. The standard InChI is InChI=1S/C16H16N2O.C2H6/c1-3-19-14-7-5-13(6-8-14)15-11-18-10-12(2)4-9-16(18)17-15;1-2/h4-11H,3H2,1-2H3;1-2H3. The van der Waals surface area contributed by atoms with Crippen LogP contribution in [0.2, 0.25) is 0 Å². The molecule has 0 fully saturated rings. The quantitative estimate of drug-likeness (QED) is 0.694. The average molecular weight is 282 g/mol. The molecule has 0 saturated heterocycles. The number of fused-ring (bicyclic) bond motifs is 1. The Morgan fingerprint density at radius 3 is 2.38 bits per heavy atom. The molecule has 3 heteroatoms. The molecule has 3 nitrogen and oxygen atoms in total. The van der Waals surface area contributed by atoms with Crippen molar-refractivity contribution in [2.24, 2.45) is 0 Å². The smallest absolute Gasteiger partial charge is 0.137 e. The van der Waals surface area contributed by atoms with Gasteiger partial charge in [0.2, 0.25) is 0 Å². The van der Waals surface area contributed by atoms with Gasteiger partial charge in [0.1, 0.15) is 11.4 Å². The van der Waals surface area contributed by atoms with E-state index in [-0.39, 0.29) is 0 Å². The van der Waals surface area contributed by atoms with Crippen LogP contribution in [-0.4, -0.2) is 16.0 Å². The van der Waals surface area contributed by atoms with Gasteiger partial charge in [0.15, 0.2) is 0 Å². The number of ether oxygens (including phenoxy) is 1. The second-order valence-corrected chi connectivity index (χ2v) is 4.56. The highest BCUT2D eigenvalue weighted by Gasteiger charge is 2.04. The summed E-state index contributed by atoms with van der Waals surface area (Å²) in [5, 5.41) is 0. The fourth-order valence-electron chi connectivity index (χ4n) is 2.13. The summed E-state index contributed by atoms with van der Waals surface area (Å²) in [6.45, 7) is 8.75. The molecule has 0 radical (unpaired) electrons. The maximum absolute atomic E-state index is 5.45. The summed E-state index contributed by atoms with van der Waals surface area (Å²) in [7, 11) is 0. The normalized spacial score (nSPS) is 10.1. The topological polar surface area (TPSA) is 26.5 Å². The van der Waals surface area contributed by atoms with Crippen molar-refractivity contribution < 1.29 is 4.74 Å². The summed E-state index contributed by atoms with van der Waals surface area (Å²) < 4.78 is 7.50. The Kier molecular flexibility index (Phi) is 4.99. The van der Waals surface area contributed by atoms with Gasteiger partial charge in [-0.1, -0.05) is 19.9 Å². The lowest BCUT2D eigenvalue weighted by atomic mass is 10.2. The van der Waals surface area contributed by atoms with E-state index in [1.165, 1.54) is 5.56 Å². The van der Waals surface area contributed by atoms with E-state index >= 15 is 0 Å². The van der Waals surface area contributed by atoms with Gasteiger partial charge in [0.05, 0.1) is 12.3 Å². The molecule has 1 aromatic carbocycles.